The van der Waals surface area contributed by atoms with Gasteiger partial charge in [-0.15, -0.1) is 0 Å². The average molecular weight is 678 g/mol. The van der Waals surface area contributed by atoms with Crippen LogP contribution >= 0.6 is 0 Å². The Morgan fingerprint density at radius 3 is 1.64 bits per heavy atom. The number of anilines is 3. The third-order valence-electron chi connectivity index (χ3n) is 12.5. The Morgan fingerprint density at radius 2 is 0.925 bits per heavy atom. The van der Waals surface area contributed by atoms with Crippen LogP contribution in [0.4, 0.5) is 17.1 Å². The van der Waals surface area contributed by atoms with Gasteiger partial charge in [0.05, 0.1) is 5.69 Å². The summed E-state index contributed by atoms with van der Waals surface area (Å²) < 4.78 is 0. The Labute approximate surface area is 310 Å². The van der Waals surface area contributed by atoms with Gasteiger partial charge in [0.15, 0.2) is 0 Å². The maximum Gasteiger partial charge on any atom is 0.0543 e. The Bertz CT molecular complexity index is 3000. The van der Waals surface area contributed by atoms with E-state index in [0.29, 0.717) is 0 Å². The molecule has 0 atom stereocenters. The SMILES string of the molecule is CC1(C)c2cc3cc(N(c4ccccc4)c4cc5c(c6ccccc46)-c4ccc6ccccc6c4C5(C)C)ccc3cc2-c2ccc3ccccc3c21. The van der Waals surface area contributed by atoms with Crippen LogP contribution in [-0.2, 0) is 10.8 Å². The van der Waals surface area contributed by atoms with Crippen molar-refractivity contribution in [3.8, 4) is 22.3 Å². The van der Waals surface area contributed by atoms with E-state index in [1.807, 2.05) is 0 Å². The lowest BCUT2D eigenvalue weighted by atomic mass is 9.79. The van der Waals surface area contributed by atoms with Crippen LogP contribution in [0.25, 0.3) is 65.3 Å². The largest absolute Gasteiger partial charge is 0.310 e. The first-order valence-corrected chi connectivity index (χ1v) is 18.9. The summed E-state index contributed by atoms with van der Waals surface area (Å²) in [4.78, 5) is 2.49. The molecule has 1 nitrogen and oxygen atoms in total. The molecular formula is C52H39N. The van der Waals surface area contributed by atoms with Crippen LogP contribution in [-0.4, -0.2) is 0 Å². The molecule has 0 N–H and O–H groups in total. The summed E-state index contributed by atoms with van der Waals surface area (Å²) in [5.74, 6) is 0. The Morgan fingerprint density at radius 1 is 0.358 bits per heavy atom. The molecule has 0 amide bonds. The second-order valence-corrected chi connectivity index (χ2v) is 16.1. The first-order valence-electron chi connectivity index (χ1n) is 18.9. The molecule has 0 unspecified atom stereocenters. The Hall–Kier alpha value is -6.18. The van der Waals surface area contributed by atoms with Crippen molar-refractivity contribution in [2.24, 2.45) is 0 Å². The molecule has 2 aliphatic carbocycles. The minimum Gasteiger partial charge on any atom is -0.310 e. The van der Waals surface area contributed by atoms with Gasteiger partial charge in [-0.3, -0.25) is 0 Å². The molecule has 0 saturated heterocycles. The second kappa shape index (κ2) is 10.7. The maximum absolute atomic E-state index is 2.50. The molecule has 9 aromatic carbocycles. The van der Waals surface area contributed by atoms with E-state index in [4.69, 9.17) is 0 Å². The van der Waals surface area contributed by atoms with E-state index in [1.165, 1.54) is 93.3 Å². The number of para-hydroxylation sites is 1. The van der Waals surface area contributed by atoms with E-state index in [1.54, 1.807) is 0 Å². The maximum atomic E-state index is 2.50. The average Bonchev–Trinajstić information content (AvgIpc) is 3.56. The number of rotatable bonds is 3. The van der Waals surface area contributed by atoms with Crippen LogP contribution in [0.2, 0.25) is 0 Å². The van der Waals surface area contributed by atoms with Crippen molar-refractivity contribution in [3.63, 3.8) is 0 Å². The van der Waals surface area contributed by atoms with Gasteiger partial charge in [-0.1, -0.05) is 149 Å². The molecule has 53 heavy (non-hydrogen) atoms. The summed E-state index contributed by atoms with van der Waals surface area (Å²) in [5, 5.41) is 10.4. The van der Waals surface area contributed by atoms with E-state index < -0.39 is 0 Å². The molecule has 11 rings (SSSR count). The van der Waals surface area contributed by atoms with Gasteiger partial charge in [-0.25, -0.2) is 0 Å². The fraction of sp³-hybridized carbons (Fsp3) is 0.115. The van der Waals surface area contributed by atoms with Gasteiger partial charge in [0.2, 0.25) is 0 Å². The molecule has 0 aromatic heterocycles. The summed E-state index contributed by atoms with van der Waals surface area (Å²) >= 11 is 0. The molecule has 0 bridgehead atoms. The standard InChI is InChI=1S/C52H39N/c1-51(2)45-30-35-28-37(25-22-34(35)29-44(45)42-26-23-32-14-8-10-18-38(32)49(42)51)53(36-16-6-5-7-17-36)47-31-46-48(41-21-13-12-20-40(41)47)43-27-24-33-15-9-11-19-39(33)50(43)52(46,3)4/h5-31H,1-4H3. The summed E-state index contributed by atoms with van der Waals surface area (Å²) in [6.07, 6.45) is 0. The normalized spacial score (nSPS) is 14.7. The molecule has 0 aliphatic heterocycles. The molecule has 0 spiro atoms. The Kier molecular flexibility index (Phi) is 6.14. The minimum atomic E-state index is -0.179. The molecule has 252 valence electrons. The fourth-order valence-electron chi connectivity index (χ4n) is 10.1. The zero-order valence-electron chi connectivity index (χ0n) is 30.5. The fourth-order valence-corrected chi connectivity index (χ4v) is 10.1. The summed E-state index contributed by atoms with van der Waals surface area (Å²) in [6, 6.07) is 61.4. The van der Waals surface area contributed by atoms with Crippen molar-refractivity contribution < 1.29 is 0 Å². The van der Waals surface area contributed by atoms with E-state index in [9.17, 15) is 0 Å². The van der Waals surface area contributed by atoms with Crippen LogP contribution in [0.1, 0.15) is 49.9 Å². The smallest absolute Gasteiger partial charge is 0.0543 e. The van der Waals surface area contributed by atoms with E-state index in [2.05, 4.69) is 196 Å². The van der Waals surface area contributed by atoms with E-state index in [-0.39, 0.29) is 10.8 Å². The van der Waals surface area contributed by atoms with Crippen molar-refractivity contribution in [1.82, 2.24) is 0 Å². The first-order chi connectivity index (χ1) is 25.8. The molecule has 9 aromatic rings. The Balaban J connectivity index is 1.14. The highest BCUT2D eigenvalue weighted by Gasteiger charge is 2.40. The van der Waals surface area contributed by atoms with Crippen molar-refractivity contribution in [1.29, 1.82) is 0 Å². The third kappa shape index (κ3) is 4.14. The van der Waals surface area contributed by atoms with Crippen molar-refractivity contribution >= 4 is 60.2 Å². The highest BCUT2D eigenvalue weighted by molar-refractivity contribution is 6.12. The molecule has 1 heteroatoms. The molecule has 2 aliphatic rings. The highest BCUT2D eigenvalue weighted by Crippen LogP contribution is 2.57. The zero-order valence-corrected chi connectivity index (χ0v) is 30.5. The number of benzene rings is 9. The predicted octanol–water partition coefficient (Wildman–Crippen LogP) is 14.4. The molecule has 0 radical (unpaired) electrons. The summed E-state index contributed by atoms with van der Waals surface area (Å²) in [7, 11) is 0. The van der Waals surface area contributed by atoms with Gasteiger partial charge >= 0.3 is 0 Å². The molecule has 0 heterocycles. The monoisotopic (exact) mass is 677 g/mol. The lowest BCUT2D eigenvalue weighted by Crippen LogP contribution is -2.17. The van der Waals surface area contributed by atoms with Gasteiger partial charge in [0.1, 0.15) is 0 Å². The number of hydrogen-bond acceptors (Lipinski definition) is 1. The lowest BCUT2D eigenvalue weighted by molar-refractivity contribution is 0.667. The molecule has 0 fully saturated rings. The summed E-state index contributed by atoms with van der Waals surface area (Å²) in [6.45, 7) is 9.62. The third-order valence-corrected chi connectivity index (χ3v) is 12.5. The van der Waals surface area contributed by atoms with E-state index >= 15 is 0 Å². The van der Waals surface area contributed by atoms with Crippen molar-refractivity contribution in [2.75, 3.05) is 4.90 Å². The van der Waals surface area contributed by atoms with Gasteiger partial charge in [-0.05, 0) is 125 Å². The number of nitrogens with zero attached hydrogens (tertiary/aromatic N) is 1. The van der Waals surface area contributed by atoms with Crippen molar-refractivity contribution in [2.45, 2.75) is 38.5 Å². The van der Waals surface area contributed by atoms with Crippen LogP contribution in [0.15, 0.2) is 164 Å². The van der Waals surface area contributed by atoms with Gasteiger partial charge in [0, 0.05) is 27.6 Å². The van der Waals surface area contributed by atoms with E-state index in [0.717, 1.165) is 11.4 Å². The van der Waals surface area contributed by atoms with Gasteiger partial charge in [0.25, 0.3) is 0 Å². The molecular weight excluding hydrogens is 639 g/mol. The number of hydrogen-bond donors (Lipinski definition) is 0. The second-order valence-electron chi connectivity index (χ2n) is 16.1. The molecule has 0 saturated carbocycles. The quantitative estimate of drug-likeness (QED) is 0.180. The minimum absolute atomic E-state index is 0.115. The number of fused-ring (bicyclic) bond motifs is 13. The topological polar surface area (TPSA) is 3.24 Å². The highest BCUT2D eigenvalue weighted by atomic mass is 15.1. The first kappa shape index (κ1) is 30.4. The van der Waals surface area contributed by atoms with Crippen LogP contribution < -0.4 is 4.90 Å². The lowest BCUT2D eigenvalue weighted by Gasteiger charge is -2.30. The van der Waals surface area contributed by atoms with Crippen LogP contribution in [0, 0.1) is 0 Å². The summed E-state index contributed by atoms with van der Waals surface area (Å²) in [5.41, 5.74) is 14.3. The van der Waals surface area contributed by atoms with Gasteiger partial charge < -0.3 is 4.90 Å². The van der Waals surface area contributed by atoms with Crippen LogP contribution in [0.3, 0.4) is 0 Å². The van der Waals surface area contributed by atoms with Crippen molar-refractivity contribution in [3.05, 3.63) is 186 Å². The van der Waals surface area contributed by atoms with Crippen LogP contribution in [0.5, 0.6) is 0 Å². The zero-order chi connectivity index (χ0) is 35.6. The predicted molar refractivity (Wildman–Crippen MR) is 226 cm³/mol. The van der Waals surface area contributed by atoms with Gasteiger partial charge in [-0.2, -0.15) is 0 Å².